The van der Waals surface area contributed by atoms with E-state index in [2.05, 4.69) is 0 Å². The lowest BCUT2D eigenvalue weighted by Crippen LogP contribution is -2.34. The first-order valence-corrected chi connectivity index (χ1v) is 5.74. The molecule has 0 aliphatic carbocycles. The second kappa shape index (κ2) is 6.25. The van der Waals surface area contributed by atoms with Crippen molar-refractivity contribution in [1.82, 2.24) is 4.90 Å². The highest BCUT2D eigenvalue weighted by atomic mass is 16.5. The fraction of sp³-hybridized carbons (Fsp3) is 0.462. The minimum Gasteiger partial charge on any atom is -0.497 e. The monoisotopic (exact) mass is 237 g/mol. The van der Waals surface area contributed by atoms with Gasteiger partial charge in [-0.25, -0.2) is 0 Å². The number of aliphatic hydroxyl groups excluding tert-OH is 1. The van der Waals surface area contributed by atoms with E-state index >= 15 is 0 Å². The Labute approximate surface area is 102 Å². The molecule has 0 aliphatic heterocycles. The van der Waals surface area contributed by atoms with Crippen molar-refractivity contribution in [1.29, 1.82) is 0 Å². The maximum atomic E-state index is 11.9. The van der Waals surface area contributed by atoms with E-state index in [1.54, 1.807) is 36.3 Å². The third-order valence-corrected chi connectivity index (χ3v) is 2.74. The van der Waals surface area contributed by atoms with Crippen LogP contribution in [0.1, 0.15) is 25.5 Å². The van der Waals surface area contributed by atoms with E-state index in [1.165, 1.54) is 0 Å². The highest BCUT2D eigenvalue weighted by molar-refractivity contribution is 5.82. The van der Waals surface area contributed by atoms with Gasteiger partial charge < -0.3 is 14.7 Å². The zero-order valence-corrected chi connectivity index (χ0v) is 10.5. The molecule has 4 heteroatoms. The first kappa shape index (κ1) is 13.5. The molecule has 1 aromatic rings. The van der Waals surface area contributed by atoms with Crippen molar-refractivity contribution in [2.45, 2.75) is 20.0 Å². The van der Waals surface area contributed by atoms with Gasteiger partial charge in [-0.05, 0) is 31.5 Å². The van der Waals surface area contributed by atoms with Crippen LogP contribution in [0, 0.1) is 0 Å². The SMILES string of the molecule is CCN(CC)C(=O)C(O)c1ccc(OC)cc1. The van der Waals surface area contributed by atoms with Crippen LogP contribution in [-0.2, 0) is 4.79 Å². The number of rotatable bonds is 5. The first-order valence-electron chi connectivity index (χ1n) is 5.74. The molecule has 1 unspecified atom stereocenters. The second-order valence-electron chi connectivity index (χ2n) is 3.69. The van der Waals surface area contributed by atoms with E-state index in [9.17, 15) is 9.90 Å². The normalized spacial score (nSPS) is 12.0. The van der Waals surface area contributed by atoms with Crippen LogP contribution in [0.3, 0.4) is 0 Å². The summed E-state index contributed by atoms with van der Waals surface area (Å²) < 4.78 is 5.02. The van der Waals surface area contributed by atoms with E-state index in [0.717, 1.165) is 0 Å². The molecule has 4 nitrogen and oxygen atoms in total. The Kier molecular flexibility index (Phi) is 4.97. The molecule has 0 radical (unpaired) electrons. The summed E-state index contributed by atoms with van der Waals surface area (Å²) in [4.78, 5) is 13.5. The summed E-state index contributed by atoms with van der Waals surface area (Å²) in [6, 6.07) is 6.86. The van der Waals surface area contributed by atoms with Gasteiger partial charge in [0.05, 0.1) is 7.11 Å². The third-order valence-electron chi connectivity index (χ3n) is 2.74. The summed E-state index contributed by atoms with van der Waals surface area (Å²) in [6.45, 7) is 4.98. The maximum Gasteiger partial charge on any atom is 0.256 e. The molecule has 0 saturated heterocycles. The molecule has 0 spiro atoms. The Balaban J connectivity index is 2.80. The average Bonchev–Trinajstić information content (AvgIpc) is 2.39. The number of carbonyl (C=O) groups excluding carboxylic acids is 1. The van der Waals surface area contributed by atoms with Gasteiger partial charge in [0.1, 0.15) is 5.75 Å². The van der Waals surface area contributed by atoms with Gasteiger partial charge in [0.15, 0.2) is 6.10 Å². The number of likely N-dealkylation sites (N-methyl/N-ethyl adjacent to an activating group) is 1. The van der Waals surface area contributed by atoms with Gasteiger partial charge in [0.2, 0.25) is 0 Å². The molecule has 0 bridgehead atoms. The van der Waals surface area contributed by atoms with Gasteiger partial charge in [-0.2, -0.15) is 0 Å². The molecule has 1 N–H and O–H groups in total. The zero-order valence-electron chi connectivity index (χ0n) is 10.5. The molecule has 1 aromatic carbocycles. The summed E-state index contributed by atoms with van der Waals surface area (Å²) in [5, 5.41) is 9.95. The number of carbonyl (C=O) groups is 1. The summed E-state index contributed by atoms with van der Waals surface area (Å²) in [5.41, 5.74) is 0.586. The van der Waals surface area contributed by atoms with Gasteiger partial charge in [-0.1, -0.05) is 12.1 Å². The number of nitrogens with zero attached hydrogens (tertiary/aromatic N) is 1. The van der Waals surface area contributed by atoms with E-state index in [4.69, 9.17) is 4.74 Å². The molecule has 1 amide bonds. The Bertz CT molecular complexity index is 357. The lowest BCUT2D eigenvalue weighted by Gasteiger charge is -2.22. The summed E-state index contributed by atoms with van der Waals surface area (Å²) in [5.74, 6) is 0.441. The standard InChI is InChI=1S/C13H19NO3/c1-4-14(5-2)13(16)12(15)10-6-8-11(17-3)9-7-10/h6-9,12,15H,4-5H2,1-3H3. The lowest BCUT2D eigenvalue weighted by molar-refractivity contribution is -0.140. The average molecular weight is 237 g/mol. The van der Waals surface area contributed by atoms with Gasteiger partial charge in [0, 0.05) is 13.1 Å². The molecule has 17 heavy (non-hydrogen) atoms. The quantitative estimate of drug-likeness (QED) is 0.846. The maximum absolute atomic E-state index is 11.9. The smallest absolute Gasteiger partial charge is 0.256 e. The zero-order chi connectivity index (χ0) is 12.8. The summed E-state index contributed by atoms with van der Waals surface area (Å²) in [6.07, 6.45) is -1.10. The Hall–Kier alpha value is -1.55. The van der Waals surface area contributed by atoms with Crippen molar-refractivity contribution in [3.05, 3.63) is 29.8 Å². The number of aliphatic hydroxyl groups is 1. The van der Waals surface area contributed by atoms with Crippen LogP contribution in [0.2, 0.25) is 0 Å². The van der Waals surface area contributed by atoms with Crippen LogP contribution in [0.25, 0.3) is 0 Å². The van der Waals surface area contributed by atoms with Crippen molar-refractivity contribution in [2.24, 2.45) is 0 Å². The third kappa shape index (κ3) is 3.20. The largest absolute Gasteiger partial charge is 0.497 e. The predicted octanol–water partition coefficient (Wildman–Crippen LogP) is 1.60. The topological polar surface area (TPSA) is 49.8 Å². The molecule has 0 aromatic heterocycles. The minimum atomic E-state index is -1.10. The van der Waals surface area contributed by atoms with Gasteiger partial charge in [-0.15, -0.1) is 0 Å². The molecular formula is C13H19NO3. The molecule has 1 rings (SSSR count). The number of benzene rings is 1. The molecule has 0 fully saturated rings. The Morgan fingerprint density at radius 3 is 2.24 bits per heavy atom. The van der Waals surface area contributed by atoms with E-state index in [-0.39, 0.29) is 5.91 Å². The van der Waals surface area contributed by atoms with Crippen LogP contribution >= 0.6 is 0 Å². The number of ether oxygens (including phenoxy) is 1. The highest BCUT2D eigenvalue weighted by Gasteiger charge is 2.21. The van der Waals surface area contributed by atoms with Crippen molar-refractivity contribution in [3.8, 4) is 5.75 Å². The van der Waals surface area contributed by atoms with Crippen LogP contribution in [-0.4, -0.2) is 36.1 Å². The van der Waals surface area contributed by atoms with Crippen LogP contribution in [0.4, 0.5) is 0 Å². The fourth-order valence-electron chi connectivity index (χ4n) is 1.64. The molecule has 0 heterocycles. The summed E-state index contributed by atoms with van der Waals surface area (Å²) in [7, 11) is 1.58. The van der Waals surface area contributed by atoms with E-state index < -0.39 is 6.10 Å². The van der Waals surface area contributed by atoms with Gasteiger partial charge in [0.25, 0.3) is 5.91 Å². The minimum absolute atomic E-state index is 0.264. The van der Waals surface area contributed by atoms with E-state index in [1.807, 2.05) is 13.8 Å². The van der Waals surface area contributed by atoms with Crippen molar-refractivity contribution in [3.63, 3.8) is 0 Å². The fourth-order valence-corrected chi connectivity index (χ4v) is 1.64. The van der Waals surface area contributed by atoms with Crippen molar-refractivity contribution in [2.75, 3.05) is 20.2 Å². The van der Waals surface area contributed by atoms with Gasteiger partial charge >= 0.3 is 0 Å². The highest BCUT2D eigenvalue weighted by Crippen LogP contribution is 2.19. The number of amides is 1. The van der Waals surface area contributed by atoms with Crippen LogP contribution < -0.4 is 4.74 Å². The first-order chi connectivity index (χ1) is 8.13. The number of hydrogen-bond acceptors (Lipinski definition) is 3. The molecule has 0 saturated carbocycles. The molecular weight excluding hydrogens is 218 g/mol. The van der Waals surface area contributed by atoms with Crippen LogP contribution in [0.15, 0.2) is 24.3 Å². The second-order valence-corrected chi connectivity index (χ2v) is 3.69. The predicted molar refractivity (Wildman–Crippen MR) is 65.9 cm³/mol. The Morgan fingerprint density at radius 1 is 1.29 bits per heavy atom. The van der Waals surface area contributed by atoms with Gasteiger partial charge in [-0.3, -0.25) is 4.79 Å². The lowest BCUT2D eigenvalue weighted by atomic mass is 10.1. The van der Waals surface area contributed by atoms with Crippen molar-refractivity contribution >= 4 is 5.91 Å². The van der Waals surface area contributed by atoms with Crippen molar-refractivity contribution < 1.29 is 14.6 Å². The Morgan fingerprint density at radius 2 is 1.82 bits per heavy atom. The molecule has 94 valence electrons. The molecule has 0 aliphatic rings. The number of hydrogen-bond donors (Lipinski definition) is 1. The van der Waals surface area contributed by atoms with Crippen LogP contribution in [0.5, 0.6) is 5.75 Å². The number of methoxy groups -OCH3 is 1. The summed E-state index contributed by atoms with van der Waals surface area (Å²) >= 11 is 0. The molecule has 1 atom stereocenters. The van der Waals surface area contributed by atoms with E-state index in [0.29, 0.717) is 24.4 Å².